The fourth-order valence-electron chi connectivity index (χ4n) is 3.73. The molecule has 94 valence electrons. The van der Waals surface area contributed by atoms with E-state index in [1.165, 1.54) is 44.9 Å². The zero-order valence-corrected chi connectivity index (χ0v) is 11.0. The maximum atomic E-state index is 6.08. The Balaban J connectivity index is 1.97. The standard InChI is InChI=1S/C14H28N2/c1-11-6-7-13(9-11)16-14(10-15)8-4-3-5-12(14)2/h11-13,16H,3-10,15H2,1-2H3. The summed E-state index contributed by atoms with van der Waals surface area (Å²) in [5.74, 6) is 1.66. The molecule has 2 rings (SSSR count). The molecule has 4 atom stereocenters. The predicted molar refractivity (Wildman–Crippen MR) is 69.4 cm³/mol. The molecule has 0 radical (unpaired) electrons. The summed E-state index contributed by atoms with van der Waals surface area (Å²) in [5, 5.41) is 3.94. The third-order valence-electron chi connectivity index (χ3n) is 5.00. The van der Waals surface area contributed by atoms with Crippen molar-refractivity contribution in [3.63, 3.8) is 0 Å². The lowest BCUT2D eigenvalue weighted by molar-refractivity contribution is 0.144. The molecule has 0 aliphatic heterocycles. The molecule has 0 aromatic carbocycles. The maximum absolute atomic E-state index is 6.08. The van der Waals surface area contributed by atoms with Crippen LogP contribution in [0.4, 0.5) is 0 Å². The molecule has 0 bridgehead atoms. The van der Waals surface area contributed by atoms with Gasteiger partial charge in [0, 0.05) is 18.1 Å². The van der Waals surface area contributed by atoms with Crippen LogP contribution in [0.2, 0.25) is 0 Å². The molecular formula is C14H28N2. The van der Waals surface area contributed by atoms with Gasteiger partial charge in [-0.1, -0.05) is 26.7 Å². The van der Waals surface area contributed by atoms with E-state index >= 15 is 0 Å². The highest BCUT2D eigenvalue weighted by molar-refractivity contribution is 4.99. The smallest absolute Gasteiger partial charge is 0.0332 e. The van der Waals surface area contributed by atoms with Crippen LogP contribution in [0, 0.1) is 11.8 Å². The molecule has 16 heavy (non-hydrogen) atoms. The lowest BCUT2D eigenvalue weighted by atomic mass is 9.73. The van der Waals surface area contributed by atoms with Crippen LogP contribution in [0.5, 0.6) is 0 Å². The van der Waals surface area contributed by atoms with Crippen LogP contribution >= 0.6 is 0 Å². The number of hydrogen-bond acceptors (Lipinski definition) is 2. The van der Waals surface area contributed by atoms with Gasteiger partial charge in [0.25, 0.3) is 0 Å². The molecular weight excluding hydrogens is 196 g/mol. The van der Waals surface area contributed by atoms with E-state index in [2.05, 4.69) is 19.2 Å². The first-order chi connectivity index (χ1) is 7.66. The first kappa shape index (κ1) is 12.4. The number of rotatable bonds is 3. The van der Waals surface area contributed by atoms with Crippen molar-refractivity contribution in [2.75, 3.05) is 6.54 Å². The predicted octanol–water partition coefficient (Wildman–Crippen LogP) is 2.67. The van der Waals surface area contributed by atoms with E-state index in [1.807, 2.05) is 0 Å². The molecule has 0 spiro atoms. The highest BCUT2D eigenvalue weighted by Gasteiger charge is 2.39. The highest BCUT2D eigenvalue weighted by Crippen LogP contribution is 2.35. The normalized spacial score (nSPS) is 44.8. The van der Waals surface area contributed by atoms with Gasteiger partial charge in [0.2, 0.25) is 0 Å². The van der Waals surface area contributed by atoms with Crippen molar-refractivity contribution < 1.29 is 0 Å². The fourth-order valence-corrected chi connectivity index (χ4v) is 3.73. The van der Waals surface area contributed by atoms with Gasteiger partial charge in [0.15, 0.2) is 0 Å². The molecule has 3 N–H and O–H groups in total. The third-order valence-corrected chi connectivity index (χ3v) is 5.00. The molecule has 2 fully saturated rings. The monoisotopic (exact) mass is 224 g/mol. The van der Waals surface area contributed by atoms with E-state index in [4.69, 9.17) is 5.73 Å². The molecule has 0 saturated heterocycles. The molecule has 0 heterocycles. The van der Waals surface area contributed by atoms with E-state index in [0.29, 0.717) is 0 Å². The summed E-state index contributed by atoms with van der Waals surface area (Å²) in [7, 11) is 0. The van der Waals surface area contributed by atoms with E-state index in [0.717, 1.165) is 24.4 Å². The van der Waals surface area contributed by atoms with Crippen molar-refractivity contribution in [2.45, 2.75) is 70.4 Å². The van der Waals surface area contributed by atoms with Gasteiger partial charge >= 0.3 is 0 Å². The maximum Gasteiger partial charge on any atom is 0.0332 e. The summed E-state index contributed by atoms with van der Waals surface area (Å²) < 4.78 is 0. The molecule has 0 amide bonds. The Kier molecular flexibility index (Phi) is 3.91. The van der Waals surface area contributed by atoms with Crippen LogP contribution < -0.4 is 11.1 Å². The minimum atomic E-state index is 0.257. The Morgan fingerprint density at radius 1 is 1.19 bits per heavy atom. The van der Waals surface area contributed by atoms with E-state index < -0.39 is 0 Å². The minimum absolute atomic E-state index is 0.257. The van der Waals surface area contributed by atoms with E-state index in [1.54, 1.807) is 0 Å². The summed E-state index contributed by atoms with van der Waals surface area (Å²) in [6.45, 7) is 5.58. The Labute approximate surface area is 100 Å². The van der Waals surface area contributed by atoms with Gasteiger partial charge in [-0.3, -0.25) is 0 Å². The molecule has 4 unspecified atom stereocenters. The van der Waals surface area contributed by atoms with Gasteiger partial charge in [0.1, 0.15) is 0 Å². The topological polar surface area (TPSA) is 38.0 Å². The lowest BCUT2D eigenvalue weighted by Gasteiger charge is -2.44. The lowest BCUT2D eigenvalue weighted by Crippen LogP contribution is -2.59. The first-order valence-corrected chi connectivity index (χ1v) is 7.14. The summed E-state index contributed by atoms with van der Waals surface area (Å²) in [6, 6.07) is 0.735. The summed E-state index contributed by atoms with van der Waals surface area (Å²) >= 11 is 0. The summed E-state index contributed by atoms with van der Waals surface area (Å²) in [4.78, 5) is 0. The minimum Gasteiger partial charge on any atom is -0.329 e. The molecule has 2 saturated carbocycles. The third kappa shape index (κ3) is 2.43. The van der Waals surface area contributed by atoms with Crippen molar-refractivity contribution in [1.29, 1.82) is 0 Å². The second-order valence-electron chi connectivity index (χ2n) is 6.27. The number of nitrogens with two attached hydrogens (primary N) is 1. The van der Waals surface area contributed by atoms with E-state index in [-0.39, 0.29) is 5.54 Å². The molecule has 2 nitrogen and oxygen atoms in total. The van der Waals surface area contributed by atoms with Gasteiger partial charge in [-0.15, -0.1) is 0 Å². The Morgan fingerprint density at radius 2 is 2.00 bits per heavy atom. The Hall–Kier alpha value is -0.0800. The SMILES string of the molecule is CC1CCC(NC2(CN)CCCCC2C)C1. The largest absolute Gasteiger partial charge is 0.329 e. The second kappa shape index (κ2) is 5.05. The number of nitrogens with one attached hydrogen (secondary N) is 1. The summed E-state index contributed by atoms with van der Waals surface area (Å²) in [6.07, 6.45) is 9.50. The van der Waals surface area contributed by atoms with Gasteiger partial charge in [-0.25, -0.2) is 0 Å². The van der Waals surface area contributed by atoms with Crippen LogP contribution in [0.25, 0.3) is 0 Å². The fraction of sp³-hybridized carbons (Fsp3) is 1.00. The molecule has 2 aliphatic rings. The average Bonchev–Trinajstić information content (AvgIpc) is 2.67. The average molecular weight is 224 g/mol. The van der Waals surface area contributed by atoms with Gasteiger partial charge < -0.3 is 11.1 Å². The second-order valence-corrected chi connectivity index (χ2v) is 6.27. The highest BCUT2D eigenvalue weighted by atomic mass is 15.0. The zero-order valence-electron chi connectivity index (χ0n) is 11.0. The van der Waals surface area contributed by atoms with Crippen molar-refractivity contribution >= 4 is 0 Å². The van der Waals surface area contributed by atoms with Crippen LogP contribution in [0.3, 0.4) is 0 Å². The molecule has 0 aromatic rings. The van der Waals surface area contributed by atoms with E-state index in [9.17, 15) is 0 Å². The molecule has 2 aliphatic carbocycles. The molecule has 0 aromatic heterocycles. The number of hydrogen-bond donors (Lipinski definition) is 2. The van der Waals surface area contributed by atoms with Crippen LogP contribution in [0.15, 0.2) is 0 Å². The Bertz CT molecular complexity index is 229. The van der Waals surface area contributed by atoms with Crippen LogP contribution in [-0.2, 0) is 0 Å². The van der Waals surface area contributed by atoms with Crippen LogP contribution in [-0.4, -0.2) is 18.1 Å². The van der Waals surface area contributed by atoms with Crippen molar-refractivity contribution in [1.82, 2.24) is 5.32 Å². The Morgan fingerprint density at radius 3 is 2.56 bits per heavy atom. The van der Waals surface area contributed by atoms with Crippen molar-refractivity contribution in [3.8, 4) is 0 Å². The zero-order chi connectivity index (χ0) is 11.6. The first-order valence-electron chi connectivity index (χ1n) is 7.14. The van der Waals surface area contributed by atoms with Gasteiger partial charge in [0.05, 0.1) is 0 Å². The quantitative estimate of drug-likeness (QED) is 0.773. The molecule has 2 heteroatoms. The van der Waals surface area contributed by atoms with Crippen LogP contribution in [0.1, 0.15) is 58.8 Å². The van der Waals surface area contributed by atoms with Crippen molar-refractivity contribution in [2.24, 2.45) is 17.6 Å². The summed E-state index contributed by atoms with van der Waals surface area (Å²) in [5.41, 5.74) is 6.34. The van der Waals surface area contributed by atoms with Gasteiger partial charge in [-0.2, -0.15) is 0 Å². The van der Waals surface area contributed by atoms with Gasteiger partial charge in [-0.05, 0) is 43.9 Å². The van der Waals surface area contributed by atoms with Crippen molar-refractivity contribution in [3.05, 3.63) is 0 Å².